The molecule has 16 heteroatoms. The summed E-state index contributed by atoms with van der Waals surface area (Å²) in [5.41, 5.74) is 14.5. The minimum Gasteiger partial charge on any atom is 2.00 e. The molecular formula is C56H42Cl4InMnN4O6+5. The third-order valence-electron chi connectivity index (χ3n) is 10.9. The van der Waals surface area contributed by atoms with Gasteiger partial charge >= 0.3 is 88.1 Å². The number of ether oxygens (including phenoxy) is 2. The van der Waals surface area contributed by atoms with Crippen molar-refractivity contribution in [3.05, 3.63) is 191 Å². The van der Waals surface area contributed by atoms with Crippen molar-refractivity contribution in [2.24, 2.45) is 0 Å². The Labute approximate surface area is 467 Å². The molecule has 4 aliphatic rings. The van der Waals surface area contributed by atoms with Gasteiger partial charge in [-0.25, -0.2) is 9.97 Å². The van der Waals surface area contributed by atoms with E-state index in [0.717, 1.165) is 116 Å². The van der Waals surface area contributed by atoms with Crippen molar-refractivity contribution in [1.82, 2.24) is 19.9 Å². The van der Waals surface area contributed by atoms with E-state index in [1.807, 2.05) is 97.1 Å². The Bertz CT molecular complexity index is 2740. The second-order valence-corrected chi connectivity index (χ2v) is 16.9. The first-order valence-corrected chi connectivity index (χ1v) is 23.1. The molecule has 8 bridgehead atoms. The van der Waals surface area contributed by atoms with Crippen LogP contribution in [0.4, 0.5) is 0 Å². The van der Waals surface area contributed by atoms with Gasteiger partial charge in [-0.2, -0.15) is 0 Å². The van der Waals surface area contributed by atoms with Crippen LogP contribution in [0, 0.1) is 26.6 Å². The molecule has 7 aromatic rings. The van der Waals surface area contributed by atoms with E-state index >= 15 is 0 Å². The van der Waals surface area contributed by atoms with Crippen molar-refractivity contribution < 1.29 is 45.2 Å². The fourth-order valence-electron chi connectivity index (χ4n) is 7.91. The zero-order valence-corrected chi connectivity index (χ0v) is 45.8. The maximum atomic E-state index is 7.50. The number of rotatable bonds is 4. The Morgan fingerprint density at radius 1 is 0.347 bits per heavy atom. The van der Waals surface area contributed by atoms with Gasteiger partial charge in [0.2, 0.25) is 0 Å². The number of H-pyrrole nitrogens is 2. The summed E-state index contributed by atoms with van der Waals surface area (Å²) in [5, 5.41) is 2.64. The smallest absolute Gasteiger partial charge is 2.00 e. The summed E-state index contributed by atoms with van der Waals surface area (Å²) in [5.74, 6) is 0. The van der Waals surface area contributed by atoms with Gasteiger partial charge in [0.05, 0.1) is 22.8 Å². The molecule has 7 heterocycles. The van der Waals surface area contributed by atoms with E-state index in [1.54, 1.807) is 0 Å². The second kappa shape index (κ2) is 32.2. The Morgan fingerprint density at radius 3 is 0.708 bits per heavy atom. The first-order valence-electron chi connectivity index (χ1n) is 21.5. The number of hydrogen-bond acceptors (Lipinski definition) is 4. The first-order chi connectivity index (χ1) is 34.4. The number of aromatic nitrogens is 4. The molecule has 0 spiro atoms. The average molecular weight is 1180 g/mol. The molecule has 0 saturated carbocycles. The normalized spacial score (nSPS) is 12.2. The molecule has 0 unspecified atom stereocenters. The van der Waals surface area contributed by atoms with Crippen molar-refractivity contribution in [2.75, 3.05) is 26.4 Å². The van der Waals surface area contributed by atoms with Crippen molar-refractivity contribution in [1.29, 1.82) is 0 Å². The molecule has 2 saturated heterocycles. The number of aromatic amines is 2. The molecule has 11 rings (SSSR count). The van der Waals surface area contributed by atoms with E-state index in [4.69, 9.17) is 84.5 Å². The molecule has 4 aromatic carbocycles. The van der Waals surface area contributed by atoms with Gasteiger partial charge in [0.15, 0.2) is 0 Å². The minimum absolute atomic E-state index is 0. The van der Waals surface area contributed by atoms with Gasteiger partial charge in [0.25, 0.3) is 0 Å². The van der Waals surface area contributed by atoms with Crippen LogP contribution >= 0.6 is 46.4 Å². The fourth-order valence-corrected chi connectivity index (χ4v) is 8.41. The van der Waals surface area contributed by atoms with E-state index in [-0.39, 0.29) is 42.9 Å². The topological polar surface area (TPSA) is 155 Å². The van der Waals surface area contributed by atoms with Gasteiger partial charge in [-0.15, -0.1) is 0 Å². The number of fused-ring (bicyclic) bond motifs is 8. The zero-order chi connectivity index (χ0) is 50.4. The third kappa shape index (κ3) is 16.0. The third-order valence-corrected chi connectivity index (χ3v) is 11.9. The van der Waals surface area contributed by atoms with Gasteiger partial charge in [0, 0.05) is 90.8 Å². The van der Waals surface area contributed by atoms with Gasteiger partial charge < -0.3 is 19.4 Å². The summed E-state index contributed by atoms with van der Waals surface area (Å²) in [7, 11) is 0. The molecule has 0 atom stereocenters. The Hall–Kier alpha value is -5.09. The molecule has 4 aliphatic heterocycles. The SMILES string of the molecule is C1CCOC1.C1CCOC1.Clc1ccc(-c2c3nc(c(-c4ccc(Cl)cc4)c4ccc([nH]4)c(-c4ccc(Cl)cc4)c4nc(c(-c5ccc(Cl)cc5)c5ccc2[nH]5)C=C4)C=C3)cc1.[C-]#[O+].[C-]#[O+].[C-]#[O+].[C-]#[O+].[In+3].[Mn+2]. The largest absolute Gasteiger partial charge is 3.00 e. The van der Waals surface area contributed by atoms with Crippen molar-refractivity contribution in [2.45, 2.75) is 25.7 Å². The molecule has 355 valence electrons. The Morgan fingerprint density at radius 2 is 0.542 bits per heavy atom. The summed E-state index contributed by atoms with van der Waals surface area (Å²) in [6.45, 7) is 22.0. The van der Waals surface area contributed by atoms with Gasteiger partial charge in [-0.05, 0) is 145 Å². The van der Waals surface area contributed by atoms with Crippen LogP contribution in [0.1, 0.15) is 48.5 Å². The second-order valence-electron chi connectivity index (χ2n) is 15.2. The van der Waals surface area contributed by atoms with Crippen LogP contribution in [-0.4, -0.2) is 72.2 Å². The van der Waals surface area contributed by atoms with Crippen LogP contribution < -0.4 is 0 Å². The summed E-state index contributed by atoms with van der Waals surface area (Å²) < 4.78 is 39.9. The molecule has 2 fully saturated rings. The van der Waals surface area contributed by atoms with Crippen LogP contribution in [0.25, 0.3) is 90.9 Å². The van der Waals surface area contributed by atoms with E-state index < -0.39 is 0 Å². The van der Waals surface area contributed by atoms with Crippen molar-refractivity contribution >= 4 is 119 Å². The maximum Gasteiger partial charge on any atom is 3.00 e. The fraction of sp³-hybridized carbons (Fsp3) is 0.143. The molecular weight excluding hydrogens is 1140 g/mol. The van der Waals surface area contributed by atoms with E-state index in [0.29, 0.717) is 20.1 Å². The minimum atomic E-state index is 0. The molecule has 10 nitrogen and oxygen atoms in total. The van der Waals surface area contributed by atoms with Crippen molar-refractivity contribution in [3.63, 3.8) is 0 Å². The van der Waals surface area contributed by atoms with Crippen molar-refractivity contribution in [3.8, 4) is 44.5 Å². The number of benzene rings is 4. The van der Waals surface area contributed by atoms with Crippen LogP contribution in [0.5, 0.6) is 0 Å². The van der Waals surface area contributed by atoms with E-state index in [2.05, 4.69) is 85.1 Å². The van der Waals surface area contributed by atoms with E-state index in [9.17, 15) is 0 Å². The Kier molecular flexibility index (Phi) is 27.3. The monoisotopic (exact) mass is 1180 g/mol. The molecule has 0 aliphatic carbocycles. The molecule has 3 aromatic heterocycles. The summed E-state index contributed by atoms with van der Waals surface area (Å²) in [6.07, 6.45) is 13.4. The Balaban J connectivity index is 0.000000593. The number of halogens is 4. The van der Waals surface area contributed by atoms with Crippen LogP contribution in [0.2, 0.25) is 20.1 Å². The maximum absolute atomic E-state index is 7.50. The zero-order valence-electron chi connectivity index (χ0n) is 38.3. The predicted octanol–water partition coefficient (Wildman–Crippen LogP) is 15.0. The number of hydrogen-bond donors (Lipinski definition) is 2. The van der Waals surface area contributed by atoms with Crippen LogP contribution in [-0.2, 0) is 45.2 Å². The molecule has 2 N–H and O–H groups in total. The van der Waals surface area contributed by atoms with Crippen LogP contribution in [0.15, 0.2) is 121 Å². The van der Waals surface area contributed by atoms with Crippen LogP contribution in [0.3, 0.4) is 0 Å². The predicted molar refractivity (Wildman–Crippen MR) is 282 cm³/mol. The van der Waals surface area contributed by atoms with Gasteiger partial charge in [0.1, 0.15) is 0 Å². The number of nitrogens with one attached hydrogen (secondary N) is 2. The quantitative estimate of drug-likeness (QED) is 0.102. The standard InChI is InChI=1S/C44H26Cl4N4.2C4H8O.4CO.In.Mn/c45-29-9-1-25(2-10-29)41-33-17-19-35(49-33)42(26-3-11-30(46)12-4-26)37-21-23-39(51-37)44(28-7-15-32(48)16-8-28)40-24-22-38(52-40)43(36-20-18-34(41)50-36)27-5-13-31(47)14-6-27;2*1-2-4-5-3-1;4*1-2;;/h1-24,49,52H;2*1-4H2;;;;;;/q;;;;;;;+3;+2. The molecule has 1 radical (unpaired) electrons. The first kappa shape index (κ1) is 61.2. The van der Waals surface area contributed by atoms with Gasteiger partial charge in [-0.3, -0.25) is 0 Å². The van der Waals surface area contributed by atoms with E-state index in [1.165, 1.54) is 25.7 Å². The average Bonchev–Trinajstić information content (AvgIpc) is 4.27. The molecule has 72 heavy (non-hydrogen) atoms. The molecule has 0 amide bonds. The summed E-state index contributed by atoms with van der Waals surface area (Å²) in [6, 6.07) is 39.8. The summed E-state index contributed by atoms with van der Waals surface area (Å²) in [4.78, 5) is 18.1. The number of nitrogens with zero attached hydrogens (tertiary/aromatic N) is 2. The summed E-state index contributed by atoms with van der Waals surface area (Å²) >= 11 is 25.5. The van der Waals surface area contributed by atoms with Gasteiger partial charge in [-0.1, -0.05) is 94.9 Å².